The van der Waals surface area contributed by atoms with Gasteiger partial charge in [-0.15, -0.1) is 0 Å². The molecule has 20 heavy (non-hydrogen) atoms. The number of benzene rings is 1. The Morgan fingerprint density at radius 3 is 2.70 bits per heavy atom. The number of nitrogens with one attached hydrogen (secondary N) is 1. The van der Waals surface area contributed by atoms with Gasteiger partial charge in [-0.1, -0.05) is 6.07 Å². The number of nitrogens with two attached hydrogens (primary N) is 1. The van der Waals surface area contributed by atoms with E-state index in [4.69, 9.17) is 11.0 Å². The molecule has 1 saturated carbocycles. The Morgan fingerprint density at radius 2 is 2.10 bits per heavy atom. The van der Waals surface area contributed by atoms with Gasteiger partial charge in [0.25, 0.3) is 0 Å². The van der Waals surface area contributed by atoms with E-state index in [-0.39, 0.29) is 23.1 Å². The summed E-state index contributed by atoms with van der Waals surface area (Å²) in [6, 6.07) is 6.02. The Hall–Kier alpha value is -1.93. The number of nitriles is 1. The highest BCUT2D eigenvalue weighted by atomic mass is 19.1. The summed E-state index contributed by atoms with van der Waals surface area (Å²) >= 11 is 0. The van der Waals surface area contributed by atoms with E-state index in [2.05, 4.69) is 5.32 Å². The highest BCUT2D eigenvalue weighted by Crippen LogP contribution is 2.29. The number of halogens is 1. The molecule has 0 spiro atoms. The number of nitrogens with zero attached hydrogens (tertiary/aromatic N) is 1. The monoisotopic (exact) mass is 275 g/mol. The highest BCUT2D eigenvalue weighted by Gasteiger charge is 2.26. The van der Waals surface area contributed by atoms with Crippen molar-refractivity contribution in [3.8, 4) is 6.07 Å². The van der Waals surface area contributed by atoms with E-state index in [1.54, 1.807) is 12.1 Å². The molecule has 4 nitrogen and oxygen atoms in total. The minimum absolute atomic E-state index is 0.0763. The van der Waals surface area contributed by atoms with Crippen molar-refractivity contribution in [3.05, 3.63) is 29.6 Å². The molecule has 0 radical (unpaired) electrons. The van der Waals surface area contributed by atoms with Crippen LogP contribution in [0.15, 0.2) is 18.2 Å². The number of carbonyl (C=O) groups excluding carboxylic acids is 1. The summed E-state index contributed by atoms with van der Waals surface area (Å²) < 4.78 is 13.5. The predicted octanol–water partition coefficient (Wildman–Crippen LogP) is 2.40. The number of rotatable bonds is 3. The second kappa shape index (κ2) is 6.49. The van der Waals surface area contributed by atoms with E-state index in [1.807, 2.05) is 0 Å². The van der Waals surface area contributed by atoms with Gasteiger partial charge in [0, 0.05) is 5.92 Å². The van der Waals surface area contributed by atoms with Crippen LogP contribution < -0.4 is 11.1 Å². The van der Waals surface area contributed by atoms with Gasteiger partial charge in [-0.05, 0) is 50.3 Å². The summed E-state index contributed by atoms with van der Waals surface area (Å²) in [5.74, 6) is -0.324. The Kier molecular flexibility index (Phi) is 4.70. The topological polar surface area (TPSA) is 78.9 Å². The maximum Gasteiger partial charge on any atom is 0.227 e. The molecule has 0 saturated heterocycles. The van der Waals surface area contributed by atoms with Crippen LogP contribution in [0.1, 0.15) is 31.2 Å². The number of hydrogen-bond donors (Lipinski definition) is 2. The van der Waals surface area contributed by atoms with Crippen molar-refractivity contribution in [2.45, 2.75) is 25.7 Å². The Morgan fingerprint density at radius 1 is 1.40 bits per heavy atom. The van der Waals surface area contributed by atoms with Gasteiger partial charge in [-0.2, -0.15) is 5.26 Å². The summed E-state index contributed by atoms with van der Waals surface area (Å²) in [7, 11) is 0. The quantitative estimate of drug-likeness (QED) is 0.889. The summed E-state index contributed by atoms with van der Waals surface area (Å²) in [5, 5.41) is 11.6. The van der Waals surface area contributed by atoms with Gasteiger partial charge >= 0.3 is 0 Å². The molecule has 2 rings (SSSR count). The number of anilines is 1. The molecule has 1 amide bonds. The van der Waals surface area contributed by atoms with Crippen LogP contribution in [0.4, 0.5) is 10.1 Å². The van der Waals surface area contributed by atoms with Crippen LogP contribution in [-0.2, 0) is 4.79 Å². The third-order valence-electron chi connectivity index (χ3n) is 3.93. The minimum atomic E-state index is -0.614. The van der Waals surface area contributed by atoms with E-state index < -0.39 is 5.82 Å². The zero-order valence-electron chi connectivity index (χ0n) is 11.2. The molecule has 1 aliphatic carbocycles. The SMILES string of the molecule is N#Cc1c(F)cccc1NC(=O)C1CCC(CN)CC1. The van der Waals surface area contributed by atoms with Gasteiger partial charge in [0.05, 0.1) is 5.69 Å². The van der Waals surface area contributed by atoms with Crippen molar-refractivity contribution in [3.63, 3.8) is 0 Å². The first-order chi connectivity index (χ1) is 9.65. The normalized spacial score (nSPS) is 22.1. The molecule has 0 atom stereocenters. The van der Waals surface area contributed by atoms with Crippen molar-refractivity contribution < 1.29 is 9.18 Å². The average molecular weight is 275 g/mol. The molecule has 1 aromatic carbocycles. The lowest BCUT2D eigenvalue weighted by Gasteiger charge is -2.26. The third-order valence-corrected chi connectivity index (χ3v) is 3.93. The molecule has 0 aromatic heterocycles. The molecule has 0 heterocycles. The molecular formula is C15H18FN3O. The molecule has 1 aliphatic rings. The van der Waals surface area contributed by atoms with Gasteiger partial charge in [-0.3, -0.25) is 4.79 Å². The molecule has 1 aromatic rings. The van der Waals surface area contributed by atoms with E-state index in [9.17, 15) is 9.18 Å². The first-order valence-corrected chi connectivity index (χ1v) is 6.85. The van der Waals surface area contributed by atoms with Crippen molar-refractivity contribution >= 4 is 11.6 Å². The van der Waals surface area contributed by atoms with Crippen LogP contribution in [0.2, 0.25) is 0 Å². The van der Waals surface area contributed by atoms with Gasteiger partial charge in [0.1, 0.15) is 17.4 Å². The van der Waals surface area contributed by atoms with Gasteiger partial charge in [0.2, 0.25) is 5.91 Å². The van der Waals surface area contributed by atoms with Gasteiger partial charge in [0.15, 0.2) is 0 Å². The zero-order valence-corrected chi connectivity index (χ0v) is 11.2. The molecule has 106 valence electrons. The van der Waals surface area contributed by atoms with Crippen LogP contribution in [0.5, 0.6) is 0 Å². The smallest absolute Gasteiger partial charge is 0.227 e. The summed E-state index contributed by atoms with van der Waals surface area (Å²) in [4.78, 5) is 12.2. The van der Waals surface area contributed by atoms with Crippen LogP contribution in [-0.4, -0.2) is 12.5 Å². The van der Waals surface area contributed by atoms with Crippen LogP contribution in [0.3, 0.4) is 0 Å². The van der Waals surface area contributed by atoms with Crippen LogP contribution in [0.25, 0.3) is 0 Å². The van der Waals surface area contributed by atoms with Gasteiger partial charge in [-0.25, -0.2) is 4.39 Å². The standard InChI is InChI=1S/C15H18FN3O/c16-13-2-1-3-14(12(13)9-18)19-15(20)11-6-4-10(8-17)5-7-11/h1-3,10-11H,4-8,17H2,(H,19,20). The molecule has 0 bridgehead atoms. The lowest BCUT2D eigenvalue weighted by atomic mass is 9.81. The summed E-state index contributed by atoms with van der Waals surface area (Å²) in [6.07, 6.45) is 3.49. The maximum atomic E-state index is 13.5. The van der Waals surface area contributed by atoms with E-state index in [0.717, 1.165) is 25.7 Å². The van der Waals surface area contributed by atoms with Crippen LogP contribution >= 0.6 is 0 Å². The van der Waals surface area contributed by atoms with Crippen molar-refractivity contribution in [1.29, 1.82) is 5.26 Å². The molecule has 5 heteroatoms. The third kappa shape index (κ3) is 3.14. The number of amides is 1. The van der Waals surface area contributed by atoms with E-state index >= 15 is 0 Å². The molecular weight excluding hydrogens is 257 g/mol. The van der Waals surface area contributed by atoms with Gasteiger partial charge < -0.3 is 11.1 Å². The predicted molar refractivity (Wildman–Crippen MR) is 74.2 cm³/mol. The molecule has 1 fully saturated rings. The zero-order chi connectivity index (χ0) is 14.5. The first-order valence-electron chi connectivity index (χ1n) is 6.85. The Bertz CT molecular complexity index is 530. The fraction of sp³-hybridized carbons (Fsp3) is 0.467. The van der Waals surface area contributed by atoms with Crippen molar-refractivity contribution in [2.24, 2.45) is 17.6 Å². The number of carbonyl (C=O) groups is 1. The lowest BCUT2D eigenvalue weighted by molar-refractivity contribution is -0.121. The van der Waals surface area contributed by atoms with Crippen LogP contribution in [0, 0.1) is 29.0 Å². The fourth-order valence-corrected chi connectivity index (χ4v) is 2.64. The average Bonchev–Trinajstić information content (AvgIpc) is 2.47. The lowest BCUT2D eigenvalue weighted by Crippen LogP contribution is -2.29. The van der Waals surface area contributed by atoms with E-state index in [1.165, 1.54) is 12.1 Å². The first kappa shape index (κ1) is 14.5. The molecule has 0 aliphatic heterocycles. The maximum absolute atomic E-state index is 13.5. The van der Waals surface area contributed by atoms with E-state index in [0.29, 0.717) is 12.5 Å². The molecule has 0 unspecified atom stereocenters. The summed E-state index contributed by atoms with van der Waals surface area (Å²) in [6.45, 7) is 0.664. The van der Waals surface area contributed by atoms with Crippen molar-refractivity contribution in [1.82, 2.24) is 0 Å². The fourth-order valence-electron chi connectivity index (χ4n) is 2.64. The Balaban J connectivity index is 2.02. The highest BCUT2D eigenvalue weighted by molar-refractivity contribution is 5.93. The molecule has 3 N–H and O–H groups in total. The minimum Gasteiger partial charge on any atom is -0.330 e. The second-order valence-corrected chi connectivity index (χ2v) is 5.22. The summed E-state index contributed by atoms with van der Waals surface area (Å²) in [5.41, 5.74) is 5.76. The number of hydrogen-bond acceptors (Lipinski definition) is 3. The Labute approximate surface area is 117 Å². The largest absolute Gasteiger partial charge is 0.330 e. The second-order valence-electron chi connectivity index (χ2n) is 5.22. The van der Waals surface area contributed by atoms with Crippen molar-refractivity contribution in [2.75, 3.05) is 11.9 Å².